The molecule has 1 aromatic carbocycles. The van der Waals surface area contributed by atoms with E-state index in [9.17, 15) is 9.18 Å². The van der Waals surface area contributed by atoms with E-state index in [1.54, 1.807) is 19.1 Å². The fourth-order valence-corrected chi connectivity index (χ4v) is 1.64. The van der Waals surface area contributed by atoms with E-state index in [4.69, 9.17) is 0 Å². The third-order valence-corrected chi connectivity index (χ3v) is 2.66. The standard InChI is InChI=1S/C13H14FN3O/c1-9-12(17-8-16-9)13(18)15-7-6-10-2-4-11(14)5-3-10/h2-5,8H,6-7H2,1H3,(H,15,18)(H,16,17). The van der Waals surface area contributed by atoms with Gasteiger partial charge in [0, 0.05) is 12.2 Å². The molecule has 0 fully saturated rings. The second-order valence-corrected chi connectivity index (χ2v) is 4.01. The van der Waals surface area contributed by atoms with Gasteiger partial charge in [-0.2, -0.15) is 0 Å². The van der Waals surface area contributed by atoms with E-state index >= 15 is 0 Å². The third-order valence-electron chi connectivity index (χ3n) is 2.66. The SMILES string of the molecule is Cc1[nH]cnc1C(=O)NCCc1ccc(F)cc1. The number of hydrogen-bond donors (Lipinski definition) is 2. The predicted octanol–water partition coefficient (Wildman–Crippen LogP) is 1.83. The van der Waals surface area contributed by atoms with Crippen molar-refractivity contribution >= 4 is 5.91 Å². The molecule has 18 heavy (non-hydrogen) atoms. The summed E-state index contributed by atoms with van der Waals surface area (Å²) in [6.45, 7) is 2.29. The Kier molecular flexibility index (Phi) is 3.72. The summed E-state index contributed by atoms with van der Waals surface area (Å²) in [5, 5.41) is 2.77. The number of halogens is 1. The molecule has 0 bridgehead atoms. The van der Waals surface area contributed by atoms with E-state index in [-0.39, 0.29) is 11.7 Å². The number of amides is 1. The van der Waals surface area contributed by atoms with Gasteiger partial charge in [0.2, 0.25) is 0 Å². The minimum Gasteiger partial charge on any atom is -0.350 e. The monoisotopic (exact) mass is 247 g/mol. The number of H-pyrrole nitrogens is 1. The first kappa shape index (κ1) is 12.3. The Hall–Kier alpha value is -2.17. The van der Waals surface area contributed by atoms with Crippen molar-refractivity contribution in [2.45, 2.75) is 13.3 Å². The maximum Gasteiger partial charge on any atom is 0.271 e. The van der Waals surface area contributed by atoms with Crippen LogP contribution in [0.3, 0.4) is 0 Å². The second-order valence-electron chi connectivity index (χ2n) is 4.01. The normalized spacial score (nSPS) is 10.3. The van der Waals surface area contributed by atoms with E-state index in [0.29, 0.717) is 18.7 Å². The van der Waals surface area contributed by atoms with Crippen LogP contribution in [0.5, 0.6) is 0 Å². The first-order valence-corrected chi connectivity index (χ1v) is 5.69. The number of carbonyl (C=O) groups excluding carboxylic acids is 1. The molecule has 0 radical (unpaired) electrons. The van der Waals surface area contributed by atoms with Gasteiger partial charge in [-0.15, -0.1) is 0 Å². The lowest BCUT2D eigenvalue weighted by molar-refractivity contribution is 0.0949. The van der Waals surface area contributed by atoms with Crippen molar-refractivity contribution in [3.8, 4) is 0 Å². The summed E-state index contributed by atoms with van der Waals surface area (Å²) in [6, 6.07) is 6.24. The molecule has 0 unspecified atom stereocenters. The average molecular weight is 247 g/mol. The van der Waals surface area contributed by atoms with Crippen molar-refractivity contribution in [2.24, 2.45) is 0 Å². The number of imidazole rings is 1. The number of nitrogens with zero attached hydrogens (tertiary/aromatic N) is 1. The molecule has 0 atom stereocenters. The fourth-order valence-electron chi connectivity index (χ4n) is 1.64. The molecule has 4 nitrogen and oxygen atoms in total. The number of benzene rings is 1. The largest absolute Gasteiger partial charge is 0.350 e. The fraction of sp³-hybridized carbons (Fsp3) is 0.231. The van der Waals surface area contributed by atoms with Crippen molar-refractivity contribution in [3.63, 3.8) is 0 Å². The van der Waals surface area contributed by atoms with Crippen LogP contribution in [0, 0.1) is 12.7 Å². The number of nitrogens with one attached hydrogen (secondary N) is 2. The molecule has 1 aromatic heterocycles. The van der Waals surface area contributed by atoms with Crippen LogP contribution in [0.25, 0.3) is 0 Å². The molecule has 1 heterocycles. The first-order chi connectivity index (χ1) is 8.66. The van der Waals surface area contributed by atoms with E-state index in [1.165, 1.54) is 18.5 Å². The van der Waals surface area contributed by atoms with Gasteiger partial charge in [0.15, 0.2) is 0 Å². The minimum atomic E-state index is -0.255. The molecule has 0 saturated carbocycles. The zero-order chi connectivity index (χ0) is 13.0. The molecule has 5 heteroatoms. The zero-order valence-corrected chi connectivity index (χ0v) is 10.0. The van der Waals surface area contributed by atoms with Gasteiger partial charge >= 0.3 is 0 Å². The van der Waals surface area contributed by atoms with Crippen LogP contribution in [0.15, 0.2) is 30.6 Å². The number of hydrogen-bond acceptors (Lipinski definition) is 2. The highest BCUT2D eigenvalue weighted by molar-refractivity contribution is 5.93. The Morgan fingerprint density at radius 1 is 1.39 bits per heavy atom. The maximum atomic E-state index is 12.7. The number of aryl methyl sites for hydroxylation is 1. The molecule has 2 aromatic rings. The molecule has 0 aliphatic heterocycles. The molecule has 2 N–H and O–H groups in total. The predicted molar refractivity (Wildman–Crippen MR) is 65.8 cm³/mol. The van der Waals surface area contributed by atoms with Gasteiger partial charge in [0.1, 0.15) is 11.5 Å². The Morgan fingerprint density at radius 2 is 2.11 bits per heavy atom. The Morgan fingerprint density at radius 3 is 2.72 bits per heavy atom. The minimum absolute atomic E-state index is 0.198. The van der Waals surface area contributed by atoms with Crippen molar-refractivity contribution in [3.05, 3.63) is 53.4 Å². The Labute approximate surface area is 104 Å². The van der Waals surface area contributed by atoms with E-state index in [2.05, 4.69) is 15.3 Å². The van der Waals surface area contributed by atoms with Gasteiger partial charge in [-0.05, 0) is 31.0 Å². The van der Waals surface area contributed by atoms with E-state index < -0.39 is 0 Å². The Balaban J connectivity index is 1.84. The molecule has 2 rings (SSSR count). The lowest BCUT2D eigenvalue weighted by atomic mass is 10.1. The van der Waals surface area contributed by atoms with Crippen LogP contribution < -0.4 is 5.32 Å². The van der Waals surface area contributed by atoms with Gasteiger partial charge < -0.3 is 10.3 Å². The molecule has 0 spiro atoms. The van der Waals surface area contributed by atoms with Gasteiger partial charge in [-0.3, -0.25) is 4.79 Å². The van der Waals surface area contributed by atoms with Gasteiger partial charge in [0.05, 0.1) is 6.33 Å². The average Bonchev–Trinajstić information content (AvgIpc) is 2.78. The molecule has 94 valence electrons. The highest BCUT2D eigenvalue weighted by atomic mass is 19.1. The van der Waals surface area contributed by atoms with Crippen LogP contribution in [-0.4, -0.2) is 22.4 Å². The Bertz CT molecular complexity index is 533. The highest BCUT2D eigenvalue weighted by Crippen LogP contribution is 2.03. The van der Waals surface area contributed by atoms with Crippen LogP contribution in [-0.2, 0) is 6.42 Å². The molecular weight excluding hydrogens is 233 g/mol. The lowest BCUT2D eigenvalue weighted by Gasteiger charge is -2.04. The number of aromatic amines is 1. The molecule has 1 amide bonds. The van der Waals surface area contributed by atoms with Crippen molar-refractivity contribution in [2.75, 3.05) is 6.54 Å². The second kappa shape index (κ2) is 5.44. The maximum absolute atomic E-state index is 12.7. The summed E-state index contributed by atoms with van der Waals surface area (Å²) >= 11 is 0. The molecule has 0 saturated heterocycles. The highest BCUT2D eigenvalue weighted by Gasteiger charge is 2.10. The zero-order valence-electron chi connectivity index (χ0n) is 10.0. The van der Waals surface area contributed by atoms with Gasteiger partial charge in [-0.25, -0.2) is 9.37 Å². The van der Waals surface area contributed by atoms with Gasteiger partial charge in [0.25, 0.3) is 5.91 Å². The summed E-state index contributed by atoms with van der Waals surface area (Å²) in [4.78, 5) is 18.5. The molecule has 0 aliphatic carbocycles. The van der Waals surface area contributed by atoms with Crippen molar-refractivity contribution in [1.29, 1.82) is 0 Å². The lowest BCUT2D eigenvalue weighted by Crippen LogP contribution is -2.26. The van der Waals surface area contributed by atoms with Crippen molar-refractivity contribution in [1.82, 2.24) is 15.3 Å². The number of rotatable bonds is 4. The quantitative estimate of drug-likeness (QED) is 0.866. The summed E-state index contributed by atoms with van der Waals surface area (Å²) < 4.78 is 12.7. The number of carbonyl (C=O) groups is 1. The van der Waals surface area contributed by atoms with Crippen LogP contribution >= 0.6 is 0 Å². The van der Waals surface area contributed by atoms with Crippen LogP contribution in [0.4, 0.5) is 4.39 Å². The molecule has 0 aliphatic rings. The van der Waals surface area contributed by atoms with E-state index in [1.807, 2.05) is 0 Å². The smallest absolute Gasteiger partial charge is 0.271 e. The first-order valence-electron chi connectivity index (χ1n) is 5.69. The van der Waals surface area contributed by atoms with Crippen molar-refractivity contribution < 1.29 is 9.18 Å². The summed E-state index contributed by atoms with van der Waals surface area (Å²) in [5.41, 5.74) is 2.14. The van der Waals surface area contributed by atoms with E-state index in [0.717, 1.165) is 11.3 Å². The summed E-state index contributed by atoms with van der Waals surface area (Å²) in [7, 11) is 0. The summed E-state index contributed by atoms with van der Waals surface area (Å²) in [6.07, 6.45) is 2.15. The van der Waals surface area contributed by atoms with Crippen LogP contribution in [0.2, 0.25) is 0 Å². The third kappa shape index (κ3) is 2.94. The van der Waals surface area contributed by atoms with Crippen LogP contribution in [0.1, 0.15) is 21.7 Å². The summed E-state index contributed by atoms with van der Waals surface area (Å²) in [5.74, 6) is -0.453. The number of aromatic nitrogens is 2. The van der Waals surface area contributed by atoms with Gasteiger partial charge in [-0.1, -0.05) is 12.1 Å². The topological polar surface area (TPSA) is 57.8 Å². The molecular formula is C13H14FN3O.